The van der Waals surface area contributed by atoms with Gasteiger partial charge in [-0.1, -0.05) is 63.2 Å². The minimum atomic E-state index is -0.141. The number of fused-ring (bicyclic) bond motifs is 1. The standard InChI is InChI=1S/C26H32N4O2S2/c1-16-9-10-22-27-23(28-13-17(2)11-18(3)14-28)20(24(31)29(22)15-16)12-21-25(32)30(26(33)34-21)19-7-5-4-6-8-19/h9-10,12,15,17-19H,4-8,11,13-14H2,1-3H3/b21-12-/t17-,18-/m0/s1. The molecule has 0 aromatic carbocycles. The fraction of sp³-hybridized carbons (Fsp3) is 0.538. The van der Waals surface area contributed by atoms with Crippen LogP contribution in [0, 0.1) is 18.8 Å². The molecule has 0 radical (unpaired) electrons. The van der Waals surface area contributed by atoms with Crippen LogP contribution in [0.15, 0.2) is 28.0 Å². The lowest BCUT2D eigenvalue weighted by molar-refractivity contribution is -0.124. The molecule has 2 aliphatic heterocycles. The highest BCUT2D eigenvalue weighted by Crippen LogP contribution is 2.38. The van der Waals surface area contributed by atoms with Crippen molar-refractivity contribution in [1.82, 2.24) is 14.3 Å². The first-order valence-corrected chi connectivity index (χ1v) is 13.6. The molecule has 3 fully saturated rings. The molecule has 6 nitrogen and oxygen atoms in total. The Labute approximate surface area is 210 Å². The number of thioether (sulfide) groups is 1. The molecule has 2 aromatic heterocycles. The lowest BCUT2D eigenvalue weighted by Crippen LogP contribution is -2.41. The summed E-state index contributed by atoms with van der Waals surface area (Å²) in [6.45, 7) is 8.15. The summed E-state index contributed by atoms with van der Waals surface area (Å²) in [5, 5.41) is 0. The van der Waals surface area contributed by atoms with Crippen LogP contribution in [0.5, 0.6) is 0 Å². The van der Waals surface area contributed by atoms with Gasteiger partial charge in [0.2, 0.25) is 0 Å². The Morgan fingerprint density at radius 1 is 1.09 bits per heavy atom. The number of carbonyl (C=O) groups excluding carboxylic acids is 1. The van der Waals surface area contributed by atoms with Gasteiger partial charge in [-0.2, -0.15) is 0 Å². The third-order valence-electron chi connectivity index (χ3n) is 7.19. The third-order valence-corrected chi connectivity index (χ3v) is 8.52. The smallest absolute Gasteiger partial charge is 0.267 e. The van der Waals surface area contributed by atoms with Crippen LogP contribution in [0.1, 0.15) is 63.5 Å². The fourth-order valence-electron chi connectivity index (χ4n) is 5.72. The Morgan fingerprint density at radius 3 is 2.50 bits per heavy atom. The second-order valence-corrected chi connectivity index (χ2v) is 12.0. The molecule has 1 saturated carbocycles. The van der Waals surface area contributed by atoms with Crippen molar-refractivity contribution in [3.8, 4) is 0 Å². The molecule has 5 rings (SSSR count). The van der Waals surface area contributed by atoms with Gasteiger partial charge in [-0.25, -0.2) is 4.98 Å². The number of anilines is 1. The van der Waals surface area contributed by atoms with Gasteiger partial charge < -0.3 is 4.90 Å². The summed E-state index contributed by atoms with van der Waals surface area (Å²) in [5.74, 6) is 1.64. The van der Waals surface area contributed by atoms with E-state index >= 15 is 0 Å². The molecule has 1 aliphatic carbocycles. The van der Waals surface area contributed by atoms with Crippen LogP contribution in [0.2, 0.25) is 0 Å². The third kappa shape index (κ3) is 4.42. The number of aryl methyl sites for hydroxylation is 1. The average Bonchev–Trinajstić information content (AvgIpc) is 3.08. The molecule has 0 unspecified atom stereocenters. The molecule has 34 heavy (non-hydrogen) atoms. The number of thiocarbonyl (C=S) groups is 1. The molecular formula is C26H32N4O2S2. The highest BCUT2D eigenvalue weighted by molar-refractivity contribution is 8.26. The van der Waals surface area contributed by atoms with Crippen molar-refractivity contribution in [3.05, 3.63) is 44.7 Å². The summed E-state index contributed by atoms with van der Waals surface area (Å²) in [5.41, 5.74) is 1.95. The maximum Gasteiger partial charge on any atom is 0.267 e. The Balaban J connectivity index is 1.61. The molecule has 0 N–H and O–H groups in total. The first-order valence-electron chi connectivity index (χ1n) is 12.4. The van der Waals surface area contributed by atoms with E-state index in [1.165, 1.54) is 18.2 Å². The van der Waals surface area contributed by atoms with Crippen molar-refractivity contribution in [1.29, 1.82) is 0 Å². The minimum Gasteiger partial charge on any atom is -0.355 e. The lowest BCUT2D eigenvalue weighted by atomic mass is 9.91. The lowest BCUT2D eigenvalue weighted by Gasteiger charge is -2.36. The quantitative estimate of drug-likeness (QED) is 0.439. The zero-order chi connectivity index (χ0) is 24.0. The van der Waals surface area contributed by atoms with Gasteiger partial charge >= 0.3 is 0 Å². The first kappa shape index (κ1) is 23.5. The maximum atomic E-state index is 13.8. The zero-order valence-corrected chi connectivity index (χ0v) is 21.8. The second-order valence-electron chi connectivity index (χ2n) is 10.3. The number of hydrogen-bond donors (Lipinski definition) is 0. The van der Waals surface area contributed by atoms with E-state index in [2.05, 4.69) is 18.7 Å². The van der Waals surface area contributed by atoms with Crippen molar-refractivity contribution in [2.75, 3.05) is 18.0 Å². The molecule has 2 saturated heterocycles. The highest BCUT2D eigenvalue weighted by atomic mass is 32.2. The van der Waals surface area contributed by atoms with Crippen molar-refractivity contribution in [3.63, 3.8) is 0 Å². The van der Waals surface area contributed by atoms with Crippen LogP contribution in [0.3, 0.4) is 0 Å². The van der Waals surface area contributed by atoms with Gasteiger partial charge in [0.25, 0.3) is 11.5 Å². The van der Waals surface area contributed by atoms with E-state index in [-0.39, 0.29) is 17.5 Å². The van der Waals surface area contributed by atoms with E-state index in [0.29, 0.717) is 38.1 Å². The fourth-order valence-corrected chi connectivity index (χ4v) is 7.10. The van der Waals surface area contributed by atoms with E-state index in [4.69, 9.17) is 17.2 Å². The first-order chi connectivity index (χ1) is 16.3. The second kappa shape index (κ2) is 9.46. The van der Waals surface area contributed by atoms with Gasteiger partial charge in [-0.15, -0.1) is 0 Å². The zero-order valence-electron chi connectivity index (χ0n) is 20.1. The number of nitrogens with zero attached hydrogens (tertiary/aromatic N) is 4. The van der Waals surface area contributed by atoms with E-state index < -0.39 is 0 Å². The van der Waals surface area contributed by atoms with Crippen molar-refractivity contribution < 1.29 is 4.79 Å². The average molecular weight is 497 g/mol. The number of aromatic nitrogens is 2. The van der Waals surface area contributed by atoms with Gasteiger partial charge in [0.1, 0.15) is 15.8 Å². The normalized spacial score (nSPS) is 25.7. The Hall–Kier alpha value is -2.19. The van der Waals surface area contributed by atoms with Gasteiger partial charge in [0.15, 0.2) is 0 Å². The van der Waals surface area contributed by atoms with Gasteiger partial charge in [0, 0.05) is 25.3 Å². The van der Waals surface area contributed by atoms with Crippen LogP contribution in [0.25, 0.3) is 11.7 Å². The molecule has 0 bridgehead atoms. The van der Waals surface area contributed by atoms with Crippen LogP contribution in [-0.4, -0.2) is 43.6 Å². The van der Waals surface area contributed by atoms with Crippen molar-refractivity contribution in [2.45, 2.75) is 65.3 Å². The van der Waals surface area contributed by atoms with Crippen molar-refractivity contribution >= 4 is 51.7 Å². The summed E-state index contributed by atoms with van der Waals surface area (Å²) in [6.07, 6.45) is 10.2. The maximum absolute atomic E-state index is 13.8. The molecule has 4 heterocycles. The molecule has 2 aromatic rings. The minimum absolute atomic E-state index is 0.0676. The molecule has 180 valence electrons. The summed E-state index contributed by atoms with van der Waals surface area (Å²) in [4.78, 5) is 36.7. The van der Waals surface area contributed by atoms with Gasteiger partial charge in [-0.3, -0.25) is 18.9 Å². The predicted molar refractivity (Wildman–Crippen MR) is 143 cm³/mol. The van der Waals surface area contributed by atoms with Gasteiger partial charge in [-0.05, 0) is 55.7 Å². The van der Waals surface area contributed by atoms with E-state index in [1.54, 1.807) is 15.4 Å². The number of hydrogen-bond acceptors (Lipinski definition) is 6. The molecule has 1 amide bonds. The summed E-state index contributed by atoms with van der Waals surface area (Å²) < 4.78 is 2.21. The highest BCUT2D eigenvalue weighted by Gasteiger charge is 2.38. The van der Waals surface area contributed by atoms with Crippen LogP contribution >= 0.6 is 24.0 Å². The SMILES string of the molecule is Cc1ccc2nc(N3C[C@@H](C)C[C@H](C)C3)c(/C=C3\SC(=S)N(C4CCCCC4)C3=O)c(=O)n2c1. The molecule has 8 heteroatoms. The van der Waals surface area contributed by atoms with E-state index in [1.807, 2.05) is 25.3 Å². The summed E-state index contributed by atoms with van der Waals surface area (Å²) >= 11 is 6.94. The molecule has 2 atom stereocenters. The molecule has 0 spiro atoms. The largest absolute Gasteiger partial charge is 0.355 e. The number of carbonyl (C=O) groups is 1. The van der Waals surface area contributed by atoms with E-state index in [9.17, 15) is 9.59 Å². The topological polar surface area (TPSA) is 57.9 Å². The Bertz CT molecular complexity index is 1220. The Kier molecular flexibility index (Phi) is 6.55. The van der Waals surface area contributed by atoms with Crippen LogP contribution < -0.4 is 10.5 Å². The van der Waals surface area contributed by atoms with E-state index in [0.717, 1.165) is 50.8 Å². The van der Waals surface area contributed by atoms with Crippen LogP contribution in [0.4, 0.5) is 5.82 Å². The van der Waals surface area contributed by atoms with Gasteiger partial charge in [0.05, 0.1) is 10.5 Å². The monoisotopic (exact) mass is 496 g/mol. The molecule has 3 aliphatic rings. The van der Waals surface area contributed by atoms with Crippen molar-refractivity contribution in [2.24, 2.45) is 11.8 Å². The number of amides is 1. The number of piperidine rings is 1. The Morgan fingerprint density at radius 2 is 1.79 bits per heavy atom. The summed E-state index contributed by atoms with van der Waals surface area (Å²) in [7, 11) is 0. The molecular weight excluding hydrogens is 464 g/mol. The summed E-state index contributed by atoms with van der Waals surface area (Å²) in [6, 6.07) is 4.04. The number of rotatable bonds is 3. The van der Waals surface area contributed by atoms with Crippen LogP contribution in [-0.2, 0) is 4.79 Å². The predicted octanol–water partition coefficient (Wildman–Crippen LogP) is 5.02. The number of pyridine rings is 1.